The van der Waals surface area contributed by atoms with Crippen LogP contribution < -0.4 is 20.5 Å². The van der Waals surface area contributed by atoms with Crippen molar-refractivity contribution in [3.63, 3.8) is 0 Å². The van der Waals surface area contributed by atoms with Gasteiger partial charge >= 0.3 is 6.36 Å². The molecule has 4 N–H and O–H groups in total. The van der Waals surface area contributed by atoms with Crippen molar-refractivity contribution >= 4 is 28.3 Å². The molecule has 1 aromatic rings. The Bertz CT molecular complexity index is 725. The predicted molar refractivity (Wildman–Crippen MR) is 93.9 cm³/mol. The lowest BCUT2D eigenvalue weighted by Crippen LogP contribution is -2.39. The Labute approximate surface area is 161 Å². The molecule has 12 heteroatoms. The second-order valence-corrected chi connectivity index (χ2v) is 7.74. The highest BCUT2D eigenvalue weighted by Gasteiger charge is 2.31. The average molecular weight is 432 g/mol. The van der Waals surface area contributed by atoms with Gasteiger partial charge in [0.1, 0.15) is 5.75 Å². The van der Waals surface area contributed by atoms with Gasteiger partial charge in [0.25, 0.3) is 0 Å². The monoisotopic (exact) mass is 431 g/mol. The highest BCUT2D eigenvalue weighted by molar-refractivity contribution is 7.89. The number of hydrogen-bond donors (Lipinski definition) is 3. The van der Waals surface area contributed by atoms with Gasteiger partial charge < -0.3 is 15.8 Å². The fourth-order valence-electron chi connectivity index (χ4n) is 2.21. The SMILES string of the molecule is Cl.NC(CNC(=O)CCNS(=O)(=O)c1ccc(OC(F)(F)F)cc1)C1CC1. The summed E-state index contributed by atoms with van der Waals surface area (Å²) in [6, 6.07) is 3.67. The molecular formula is C15H21ClF3N3O4S. The highest BCUT2D eigenvalue weighted by atomic mass is 35.5. The first-order valence-corrected chi connectivity index (χ1v) is 9.43. The van der Waals surface area contributed by atoms with Crippen LogP contribution in [-0.4, -0.2) is 39.8 Å². The third kappa shape index (κ3) is 8.33. The largest absolute Gasteiger partial charge is 0.573 e. The van der Waals surface area contributed by atoms with Crippen molar-refractivity contribution in [2.24, 2.45) is 11.7 Å². The van der Waals surface area contributed by atoms with Crippen molar-refractivity contribution in [1.29, 1.82) is 0 Å². The zero-order valence-electron chi connectivity index (χ0n) is 14.2. The van der Waals surface area contributed by atoms with Crippen molar-refractivity contribution in [2.75, 3.05) is 13.1 Å². The Morgan fingerprint density at radius 2 is 1.85 bits per heavy atom. The summed E-state index contributed by atoms with van der Waals surface area (Å²) in [4.78, 5) is 11.4. The summed E-state index contributed by atoms with van der Waals surface area (Å²) in [5.74, 6) is -0.418. The van der Waals surface area contributed by atoms with Crippen molar-refractivity contribution in [3.8, 4) is 5.75 Å². The predicted octanol–water partition coefficient (Wildman–Crippen LogP) is 1.53. The standard InChI is InChI=1S/C15H20F3N3O4S.ClH/c16-15(17,18)25-11-3-5-12(6-4-11)26(23,24)21-8-7-14(22)20-9-13(19)10-1-2-10;/h3-6,10,13,21H,1-2,7-9,19H2,(H,20,22);1H. The van der Waals surface area contributed by atoms with E-state index >= 15 is 0 Å². The first-order chi connectivity index (χ1) is 12.1. The summed E-state index contributed by atoms with van der Waals surface area (Å²) in [6.45, 7) is 0.199. The summed E-state index contributed by atoms with van der Waals surface area (Å²) in [5, 5.41) is 2.64. The maximum Gasteiger partial charge on any atom is 0.573 e. The summed E-state index contributed by atoms with van der Waals surface area (Å²) in [6.07, 6.45) is -2.81. The van der Waals surface area contributed by atoms with Crippen LogP contribution in [0.5, 0.6) is 5.75 Å². The lowest BCUT2D eigenvalue weighted by Gasteiger charge is -2.12. The van der Waals surface area contributed by atoms with Crippen LogP contribution in [0, 0.1) is 5.92 Å². The van der Waals surface area contributed by atoms with Crippen LogP contribution in [0.2, 0.25) is 0 Å². The minimum absolute atomic E-state index is 0. The molecule has 1 amide bonds. The van der Waals surface area contributed by atoms with Gasteiger partial charge in [-0.3, -0.25) is 4.79 Å². The highest BCUT2D eigenvalue weighted by Crippen LogP contribution is 2.31. The smallest absolute Gasteiger partial charge is 0.406 e. The molecule has 0 radical (unpaired) electrons. The average Bonchev–Trinajstić information content (AvgIpc) is 3.36. The third-order valence-electron chi connectivity index (χ3n) is 3.77. The van der Waals surface area contributed by atoms with E-state index in [9.17, 15) is 26.4 Å². The van der Waals surface area contributed by atoms with E-state index in [0.29, 0.717) is 12.5 Å². The number of hydrogen-bond acceptors (Lipinski definition) is 5. The molecule has 7 nitrogen and oxygen atoms in total. The van der Waals surface area contributed by atoms with Crippen LogP contribution in [0.15, 0.2) is 29.2 Å². The van der Waals surface area contributed by atoms with Gasteiger partial charge in [0.2, 0.25) is 15.9 Å². The van der Waals surface area contributed by atoms with Gasteiger partial charge in [0.15, 0.2) is 0 Å². The number of benzene rings is 1. The topological polar surface area (TPSA) is 111 Å². The maximum atomic E-state index is 12.1. The Kier molecular flexibility index (Phi) is 8.33. The molecule has 1 aromatic carbocycles. The number of halogens is 4. The minimum atomic E-state index is -4.85. The number of amides is 1. The fourth-order valence-corrected chi connectivity index (χ4v) is 3.25. The van der Waals surface area contributed by atoms with Crippen LogP contribution in [0.25, 0.3) is 0 Å². The summed E-state index contributed by atoms with van der Waals surface area (Å²) in [5.41, 5.74) is 5.84. The zero-order valence-corrected chi connectivity index (χ0v) is 15.8. The fraction of sp³-hybridized carbons (Fsp3) is 0.533. The molecule has 0 aliphatic heterocycles. The molecule has 0 spiro atoms. The van der Waals surface area contributed by atoms with E-state index in [-0.39, 0.29) is 42.2 Å². The molecule has 1 atom stereocenters. The third-order valence-corrected chi connectivity index (χ3v) is 5.25. The van der Waals surface area contributed by atoms with Crippen LogP contribution >= 0.6 is 12.4 Å². The molecular weight excluding hydrogens is 411 g/mol. The van der Waals surface area contributed by atoms with Gasteiger partial charge in [0.05, 0.1) is 4.90 Å². The number of sulfonamides is 1. The number of nitrogens with two attached hydrogens (primary N) is 1. The zero-order chi connectivity index (χ0) is 19.4. The number of rotatable bonds is 9. The summed E-state index contributed by atoms with van der Waals surface area (Å²) < 4.78 is 66.2. The second-order valence-electron chi connectivity index (χ2n) is 5.97. The van der Waals surface area contributed by atoms with Crippen LogP contribution in [-0.2, 0) is 14.8 Å². The molecule has 1 unspecified atom stereocenters. The maximum absolute atomic E-state index is 12.1. The van der Waals surface area contributed by atoms with Crippen molar-refractivity contribution in [1.82, 2.24) is 10.0 Å². The molecule has 1 aliphatic carbocycles. The van der Waals surface area contributed by atoms with E-state index in [1.165, 1.54) is 0 Å². The molecule has 1 saturated carbocycles. The lowest BCUT2D eigenvalue weighted by molar-refractivity contribution is -0.274. The number of nitrogens with one attached hydrogen (secondary N) is 2. The molecule has 0 heterocycles. The van der Waals surface area contributed by atoms with Gasteiger partial charge in [-0.05, 0) is 43.0 Å². The summed E-state index contributed by atoms with van der Waals surface area (Å²) in [7, 11) is -3.94. The molecule has 27 heavy (non-hydrogen) atoms. The van der Waals surface area contributed by atoms with Crippen LogP contribution in [0.3, 0.4) is 0 Å². The van der Waals surface area contributed by atoms with E-state index in [2.05, 4.69) is 14.8 Å². The molecule has 154 valence electrons. The first-order valence-electron chi connectivity index (χ1n) is 7.94. The van der Waals surface area contributed by atoms with Crippen LogP contribution in [0.4, 0.5) is 13.2 Å². The van der Waals surface area contributed by atoms with E-state index in [4.69, 9.17) is 5.73 Å². The van der Waals surface area contributed by atoms with Gasteiger partial charge in [-0.25, -0.2) is 13.1 Å². The second kappa shape index (κ2) is 9.58. The Hall–Kier alpha value is -1.56. The molecule has 0 saturated heterocycles. The molecule has 0 bridgehead atoms. The van der Waals surface area contributed by atoms with E-state index < -0.39 is 22.1 Å². The van der Waals surface area contributed by atoms with Gasteiger partial charge in [-0.15, -0.1) is 25.6 Å². The van der Waals surface area contributed by atoms with Gasteiger partial charge in [-0.2, -0.15) is 0 Å². The molecule has 0 aromatic heterocycles. The molecule has 1 aliphatic rings. The van der Waals surface area contributed by atoms with E-state index in [1.54, 1.807) is 0 Å². The van der Waals surface area contributed by atoms with Crippen molar-refractivity contribution in [2.45, 2.75) is 36.6 Å². The van der Waals surface area contributed by atoms with Crippen molar-refractivity contribution < 1.29 is 31.1 Å². The molecule has 1 fully saturated rings. The minimum Gasteiger partial charge on any atom is -0.406 e. The number of ether oxygens (including phenoxy) is 1. The first kappa shape index (κ1) is 23.5. The molecule has 2 rings (SSSR count). The van der Waals surface area contributed by atoms with E-state index in [1.807, 2.05) is 0 Å². The van der Waals surface area contributed by atoms with Crippen molar-refractivity contribution in [3.05, 3.63) is 24.3 Å². The van der Waals surface area contributed by atoms with E-state index in [0.717, 1.165) is 37.1 Å². The van der Waals surface area contributed by atoms with Crippen LogP contribution in [0.1, 0.15) is 19.3 Å². The Morgan fingerprint density at radius 3 is 2.37 bits per heavy atom. The van der Waals surface area contributed by atoms with Gasteiger partial charge in [-0.1, -0.05) is 0 Å². The quantitative estimate of drug-likeness (QED) is 0.549. The Balaban J connectivity index is 0.00000364. The Morgan fingerprint density at radius 1 is 1.26 bits per heavy atom. The normalized spacial score (nSPS) is 15.6. The summed E-state index contributed by atoms with van der Waals surface area (Å²) >= 11 is 0. The number of alkyl halides is 3. The van der Waals surface area contributed by atoms with Gasteiger partial charge in [0, 0.05) is 25.6 Å². The lowest BCUT2D eigenvalue weighted by atomic mass is 10.2. The number of carbonyl (C=O) groups excluding carboxylic acids is 1. The number of carbonyl (C=O) groups is 1.